The molecule has 1 fully saturated rings. The van der Waals surface area contributed by atoms with Crippen molar-refractivity contribution < 1.29 is 0 Å². The third-order valence-corrected chi connectivity index (χ3v) is 4.75. The normalized spacial score (nSPS) is 19.8. The van der Waals surface area contributed by atoms with E-state index in [1.807, 2.05) is 12.3 Å². The van der Waals surface area contributed by atoms with Crippen molar-refractivity contribution in [2.45, 2.75) is 19.0 Å². The molecule has 2 aromatic rings. The van der Waals surface area contributed by atoms with Crippen LogP contribution < -0.4 is 0 Å². The molecule has 3 rings (SSSR count). The molecule has 1 unspecified atom stereocenters. The highest BCUT2D eigenvalue weighted by molar-refractivity contribution is 7.99. The van der Waals surface area contributed by atoms with Crippen LogP contribution in [0.2, 0.25) is 0 Å². The van der Waals surface area contributed by atoms with Gasteiger partial charge in [-0.2, -0.15) is 11.8 Å². The fraction of sp³-hybridized carbons (Fsp3) is 0.400. The van der Waals surface area contributed by atoms with Gasteiger partial charge in [0.25, 0.3) is 0 Å². The van der Waals surface area contributed by atoms with Crippen molar-refractivity contribution in [3.05, 3.63) is 42.1 Å². The molecule has 18 heavy (non-hydrogen) atoms. The number of fused-ring (bicyclic) bond motifs is 1. The Morgan fingerprint density at radius 2 is 2.28 bits per heavy atom. The van der Waals surface area contributed by atoms with E-state index < -0.39 is 0 Å². The fourth-order valence-electron chi connectivity index (χ4n) is 2.49. The second kappa shape index (κ2) is 5.29. The first-order valence-electron chi connectivity index (χ1n) is 6.44. The summed E-state index contributed by atoms with van der Waals surface area (Å²) >= 11 is 2.07. The van der Waals surface area contributed by atoms with Gasteiger partial charge < -0.3 is 0 Å². The maximum atomic E-state index is 4.53. The molecule has 0 aliphatic carbocycles. The van der Waals surface area contributed by atoms with E-state index >= 15 is 0 Å². The number of hydrogen-bond acceptors (Lipinski definition) is 3. The highest BCUT2D eigenvalue weighted by Crippen LogP contribution is 2.23. The number of thioether (sulfide) groups is 1. The molecule has 0 spiro atoms. The maximum absolute atomic E-state index is 4.53. The average molecular weight is 258 g/mol. The van der Waals surface area contributed by atoms with Crippen LogP contribution in [0.15, 0.2) is 36.5 Å². The molecule has 1 saturated heterocycles. The summed E-state index contributed by atoms with van der Waals surface area (Å²) in [5, 5.41) is 1.24. The van der Waals surface area contributed by atoms with Gasteiger partial charge >= 0.3 is 0 Å². The molecule has 1 atom stereocenters. The topological polar surface area (TPSA) is 16.1 Å². The number of para-hydroxylation sites is 1. The Balaban J connectivity index is 1.77. The fourth-order valence-corrected chi connectivity index (χ4v) is 3.79. The first-order chi connectivity index (χ1) is 8.83. The predicted molar refractivity (Wildman–Crippen MR) is 78.9 cm³/mol. The van der Waals surface area contributed by atoms with Crippen LogP contribution in [-0.2, 0) is 6.54 Å². The van der Waals surface area contributed by atoms with Crippen LogP contribution in [0.3, 0.4) is 0 Å². The van der Waals surface area contributed by atoms with E-state index in [-0.39, 0.29) is 0 Å². The van der Waals surface area contributed by atoms with Crippen LogP contribution in [0.1, 0.15) is 12.0 Å². The van der Waals surface area contributed by atoms with Crippen LogP contribution in [0.4, 0.5) is 0 Å². The Hall–Kier alpha value is -1.06. The zero-order valence-corrected chi connectivity index (χ0v) is 11.5. The molecule has 0 saturated carbocycles. The summed E-state index contributed by atoms with van der Waals surface area (Å²) in [5.41, 5.74) is 2.40. The summed E-state index contributed by atoms with van der Waals surface area (Å²) in [7, 11) is 2.23. The molecule has 0 N–H and O–H groups in total. The summed E-state index contributed by atoms with van der Waals surface area (Å²) in [6, 6.07) is 11.3. The molecule has 3 heteroatoms. The van der Waals surface area contributed by atoms with Crippen molar-refractivity contribution in [1.29, 1.82) is 0 Å². The second-order valence-corrected chi connectivity index (χ2v) is 6.12. The Morgan fingerprint density at radius 3 is 3.11 bits per heavy atom. The summed E-state index contributed by atoms with van der Waals surface area (Å²) in [5.74, 6) is 2.59. The van der Waals surface area contributed by atoms with Gasteiger partial charge in [0.2, 0.25) is 0 Å². The maximum Gasteiger partial charge on any atom is 0.0702 e. The zero-order valence-electron chi connectivity index (χ0n) is 10.7. The van der Waals surface area contributed by atoms with Crippen LogP contribution in [0.5, 0.6) is 0 Å². The number of rotatable bonds is 3. The Kier molecular flexibility index (Phi) is 3.52. The minimum absolute atomic E-state index is 0.737. The van der Waals surface area contributed by atoms with Crippen molar-refractivity contribution in [2.75, 3.05) is 18.6 Å². The third kappa shape index (κ3) is 2.52. The van der Waals surface area contributed by atoms with Crippen molar-refractivity contribution in [2.24, 2.45) is 0 Å². The standard InChI is InChI=1S/C15H18N2S/c1-17(14-6-7-18-11-14)10-12-8-13-4-2-3-5-15(13)16-9-12/h2-5,8-9,14H,6-7,10-11H2,1H3. The van der Waals surface area contributed by atoms with Crippen LogP contribution in [0.25, 0.3) is 10.9 Å². The van der Waals surface area contributed by atoms with Crippen molar-refractivity contribution in [1.82, 2.24) is 9.88 Å². The molecule has 1 aromatic carbocycles. The van der Waals surface area contributed by atoms with E-state index in [0.29, 0.717) is 0 Å². The Morgan fingerprint density at radius 1 is 1.39 bits per heavy atom. The van der Waals surface area contributed by atoms with Crippen molar-refractivity contribution in [3.63, 3.8) is 0 Å². The van der Waals surface area contributed by atoms with Gasteiger partial charge in [0, 0.05) is 29.9 Å². The van der Waals surface area contributed by atoms with E-state index in [1.165, 1.54) is 28.9 Å². The van der Waals surface area contributed by atoms with E-state index in [1.54, 1.807) is 0 Å². The molecule has 1 aliphatic heterocycles. The molecule has 0 radical (unpaired) electrons. The lowest BCUT2D eigenvalue weighted by Gasteiger charge is -2.23. The number of benzene rings is 1. The highest BCUT2D eigenvalue weighted by Gasteiger charge is 2.19. The predicted octanol–water partition coefficient (Wildman–Crippen LogP) is 3.17. The lowest BCUT2D eigenvalue weighted by molar-refractivity contribution is 0.254. The SMILES string of the molecule is CN(Cc1cnc2ccccc2c1)C1CCSC1. The Labute approximate surface area is 112 Å². The molecule has 1 aliphatic rings. The highest BCUT2D eigenvalue weighted by atomic mass is 32.2. The molecular weight excluding hydrogens is 240 g/mol. The third-order valence-electron chi connectivity index (χ3n) is 3.61. The van der Waals surface area contributed by atoms with Gasteiger partial charge in [-0.3, -0.25) is 9.88 Å². The molecule has 2 heterocycles. The van der Waals surface area contributed by atoms with E-state index in [4.69, 9.17) is 0 Å². The van der Waals surface area contributed by atoms with Gasteiger partial charge in [0.05, 0.1) is 5.52 Å². The smallest absolute Gasteiger partial charge is 0.0702 e. The summed E-state index contributed by atoms with van der Waals surface area (Å²) in [6.07, 6.45) is 3.34. The van der Waals surface area contributed by atoms with Gasteiger partial charge in [-0.25, -0.2) is 0 Å². The van der Waals surface area contributed by atoms with Crippen molar-refractivity contribution in [3.8, 4) is 0 Å². The summed E-state index contributed by atoms with van der Waals surface area (Å²) < 4.78 is 0. The molecule has 0 bridgehead atoms. The van der Waals surface area contributed by atoms with Gasteiger partial charge in [-0.05, 0) is 36.9 Å². The quantitative estimate of drug-likeness (QED) is 0.841. The van der Waals surface area contributed by atoms with Crippen LogP contribution in [0, 0.1) is 0 Å². The lowest BCUT2D eigenvalue weighted by atomic mass is 10.1. The first kappa shape index (κ1) is 12.0. The van der Waals surface area contributed by atoms with E-state index in [2.05, 4.69) is 53.0 Å². The zero-order chi connectivity index (χ0) is 12.4. The number of pyridine rings is 1. The van der Waals surface area contributed by atoms with Crippen LogP contribution in [-0.4, -0.2) is 34.5 Å². The monoisotopic (exact) mass is 258 g/mol. The molecule has 94 valence electrons. The van der Waals surface area contributed by atoms with Gasteiger partial charge in [-0.1, -0.05) is 18.2 Å². The summed E-state index contributed by atoms with van der Waals surface area (Å²) in [6.45, 7) is 1.00. The largest absolute Gasteiger partial charge is 0.298 e. The number of nitrogens with zero attached hydrogens (tertiary/aromatic N) is 2. The van der Waals surface area contributed by atoms with E-state index in [0.717, 1.165) is 18.1 Å². The molecule has 2 nitrogen and oxygen atoms in total. The Bertz CT molecular complexity index is 535. The average Bonchev–Trinajstić information content (AvgIpc) is 2.92. The minimum atomic E-state index is 0.737. The van der Waals surface area contributed by atoms with Gasteiger partial charge in [0.15, 0.2) is 0 Å². The minimum Gasteiger partial charge on any atom is -0.298 e. The van der Waals surface area contributed by atoms with Gasteiger partial charge in [0.1, 0.15) is 0 Å². The number of hydrogen-bond donors (Lipinski definition) is 0. The molecule has 1 aromatic heterocycles. The summed E-state index contributed by atoms with van der Waals surface area (Å²) in [4.78, 5) is 6.99. The van der Waals surface area contributed by atoms with Gasteiger partial charge in [-0.15, -0.1) is 0 Å². The van der Waals surface area contributed by atoms with E-state index in [9.17, 15) is 0 Å². The number of aromatic nitrogens is 1. The lowest BCUT2D eigenvalue weighted by Crippen LogP contribution is -2.30. The first-order valence-corrected chi connectivity index (χ1v) is 7.60. The second-order valence-electron chi connectivity index (χ2n) is 4.97. The molecule has 0 amide bonds. The van der Waals surface area contributed by atoms with Crippen LogP contribution >= 0.6 is 11.8 Å². The molecular formula is C15H18N2S. The van der Waals surface area contributed by atoms with Crippen molar-refractivity contribution >= 4 is 22.7 Å².